The van der Waals surface area contributed by atoms with Crippen molar-refractivity contribution >= 4 is 29.6 Å². The molecule has 10 atom stereocenters. The number of terminal acetylenes is 1. The Morgan fingerprint density at radius 3 is 2.46 bits per heavy atom. The molecule has 0 unspecified atom stereocenters. The Bertz CT molecular complexity index is 1500. The molecule has 4 rings (SSSR count). The van der Waals surface area contributed by atoms with Crippen LogP contribution in [0, 0.1) is 30.1 Å². The third-order valence-electron chi connectivity index (χ3n) is 10.1. The summed E-state index contributed by atoms with van der Waals surface area (Å²) >= 11 is 0. The molecule has 0 radical (unpaired) electrons. The summed E-state index contributed by atoms with van der Waals surface area (Å²) in [5, 5.41) is 7.42. The molecule has 0 saturated carbocycles. The van der Waals surface area contributed by atoms with Gasteiger partial charge in [0, 0.05) is 56.6 Å². The van der Waals surface area contributed by atoms with Crippen LogP contribution in [0.25, 0.3) is 0 Å². The SMILES string of the molecule is C#CCCN(C)[C@@H]1C[C@H](O[C@@H]2[C@@H](C)C(=O)[C@@H](C)C(=O)O[C@H](CC)[C@@](C)(OC(=O)n3ccnc3)/C=C(\C)C(=O)[C@@H]3CO[C@]2(C)C3)O[C@H](C)C1.CC(=O)O. The Labute approximate surface area is 306 Å². The van der Waals surface area contributed by atoms with Crippen molar-refractivity contribution in [2.75, 3.05) is 20.2 Å². The summed E-state index contributed by atoms with van der Waals surface area (Å²) in [6.45, 7) is 14.0. The van der Waals surface area contributed by atoms with Crippen LogP contribution in [-0.2, 0) is 42.9 Å². The van der Waals surface area contributed by atoms with Gasteiger partial charge in [0.15, 0.2) is 23.5 Å². The summed E-state index contributed by atoms with van der Waals surface area (Å²) in [4.78, 5) is 69.8. The Kier molecular flexibility index (Phi) is 14.9. The number of hydrogen-bond donors (Lipinski definition) is 1. The van der Waals surface area contributed by atoms with Crippen LogP contribution in [0.15, 0.2) is 30.4 Å². The predicted molar refractivity (Wildman–Crippen MR) is 189 cm³/mol. The first kappa shape index (κ1) is 42.5. The number of fused-ring (bicyclic) bond motifs is 2. The van der Waals surface area contributed by atoms with Crippen molar-refractivity contribution in [2.45, 2.75) is 129 Å². The highest BCUT2D eigenvalue weighted by Gasteiger charge is 2.52. The van der Waals surface area contributed by atoms with Gasteiger partial charge < -0.3 is 33.7 Å². The van der Waals surface area contributed by atoms with Crippen molar-refractivity contribution in [3.63, 3.8) is 0 Å². The van der Waals surface area contributed by atoms with E-state index in [2.05, 4.69) is 15.8 Å². The average molecular weight is 730 g/mol. The highest BCUT2D eigenvalue weighted by molar-refractivity contribution is 6.00. The summed E-state index contributed by atoms with van der Waals surface area (Å²) in [5.41, 5.74) is -2.27. The van der Waals surface area contributed by atoms with Gasteiger partial charge in [0.05, 0.1) is 24.4 Å². The summed E-state index contributed by atoms with van der Waals surface area (Å²) in [7, 11) is 2.03. The molecule has 288 valence electrons. The van der Waals surface area contributed by atoms with Crippen LogP contribution in [0.2, 0.25) is 0 Å². The minimum Gasteiger partial charge on any atom is -0.481 e. The number of ether oxygens (including phenoxy) is 5. The summed E-state index contributed by atoms with van der Waals surface area (Å²) in [6.07, 6.45) is 10.3. The van der Waals surface area contributed by atoms with Crippen molar-refractivity contribution < 1.29 is 52.8 Å². The second-order valence-corrected chi connectivity index (χ2v) is 14.5. The quantitative estimate of drug-likeness (QED) is 0.237. The lowest BCUT2D eigenvalue weighted by molar-refractivity contribution is -0.258. The standard InChI is InChI=1S/C36H51N3O9.C2H4O2/c1-10-12-14-38(9)27-16-23(4)45-29(17-27)47-32-24(5)31(41)25(6)33(42)46-28(11-2)35(7,48-34(43)39-15-13-37-21-39)18-22(3)30(40)26-19-36(32,8)44-20-26;1-2(3)4/h1,13,15,18,21,23-29,32H,11-12,14,16-17,19-20H2,2-9H3;1H3,(H,3,4)/b22-18+;/t23-,24+,25-,26+,27+,28-,29+,32-,35+,36-;/m1./s1. The number of hydrogen-bond acceptors (Lipinski definition) is 12. The molecule has 0 spiro atoms. The zero-order chi connectivity index (χ0) is 39.0. The first-order chi connectivity index (χ1) is 24.3. The maximum absolute atomic E-state index is 14.1. The lowest BCUT2D eigenvalue weighted by Crippen LogP contribution is -2.53. The Hall–Kier alpha value is -3.90. The van der Waals surface area contributed by atoms with Gasteiger partial charge in [0.2, 0.25) is 0 Å². The van der Waals surface area contributed by atoms with Gasteiger partial charge in [-0.1, -0.05) is 13.8 Å². The zero-order valence-corrected chi connectivity index (χ0v) is 31.8. The number of rotatable bonds is 7. The fraction of sp³-hybridized carbons (Fsp3) is 0.684. The Balaban J connectivity index is 0.00000173. The number of esters is 1. The van der Waals surface area contributed by atoms with Crippen molar-refractivity contribution in [3.05, 3.63) is 30.4 Å². The molecule has 4 heterocycles. The fourth-order valence-corrected chi connectivity index (χ4v) is 7.29. The average Bonchev–Trinajstić information content (AvgIpc) is 3.77. The van der Waals surface area contributed by atoms with Gasteiger partial charge in [0.25, 0.3) is 5.97 Å². The Morgan fingerprint density at radius 2 is 1.87 bits per heavy atom. The molecular weight excluding hydrogens is 674 g/mol. The fourth-order valence-electron chi connectivity index (χ4n) is 7.29. The van der Waals surface area contributed by atoms with Crippen molar-refractivity contribution in [2.24, 2.45) is 17.8 Å². The lowest BCUT2D eigenvalue weighted by Gasteiger charge is -2.43. The lowest BCUT2D eigenvalue weighted by atomic mass is 9.78. The third kappa shape index (κ3) is 10.6. The van der Waals surface area contributed by atoms with Gasteiger partial charge in [-0.3, -0.25) is 19.2 Å². The van der Waals surface area contributed by atoms with Crippen LogP contribution >= 0.6 is 0 Å². The second-order valence-electron chi connectivity index (χ2n) is 14.5. The number of cyclic esters (lactones) is 1. The first-order valence-electron chi connectivity index (χ1n) is 17.8. The van der Waals surface area contributed by atoms with Gasteiger partial charge in [-0.05, 0) is 72.6 Å². The molecular formula is C38H55N3O11. The molecule has 0 amide bonds. The maximum Gasteiger partial charge on any atom is 0.420 e. The van der Waals surface area contributed by atoms with E-state index in [0.717, 1.165) is 24.5 Å². The smallest absolute Gasteiger partial charge is 0.420 e. The van der Waals surface area contributed by atoms with Crippen LogP contribution < -0.4 is 0 Å². The maximum atomic E-state index is 14.1. The summed E-state index contributed by atoms with van der Waals surface area (Å²) < 4.78 is 32.3. The van der Waals surface area contributed by atoms with E-state index in [0.29, 0.717) is 18.4 Å². The van der Waals surface area contributed by atoms with Gasteiger partial charge in [-0.15, -0.1) is 12.3 Å². The molecule has 0 aliphatic carbocycles. The topological polar surface area (TPSA) is 173 Å². The second kappa shape index (κ2) is 18.2. The van der Waals surface area contributed by atoms with Gasteiger partial charge in [0.1, 0.15) is 18.3 Å². The van der Waals surface area contributed by atoms with Gasteiger partial charge in [-0.2, -0.15) is 0 Å². The third-order valence-corrected chi connectivity index (χ3v) is 10.1. The molecule has 2 fully saturated rings. The number of Topliss-reactive ketones (excluding diaryl/α,β-unsaturated/α-hetero) is 2. The van der Waals surface area contributed by atoms with E-state index >= 15 is 0 Å². The van der Waals surface area contributed by atoms with Crippen LogP contribution in [0.1, 0.15) is 87.5 Å². The molecule has 14 heteroatoms. The molecule has 0 aromatic carbocycles. The number of carboxylic acid groups (broad SMARTS) is 1. The number of ketones is 2. The normalized spacial score (nSPS) is 35.2. The molecule has 14 nitrogen and oxygen atoms in total. The van der Waals surface area contributed by atoms with Crippen LogP contribution in [-0.4, -0.2) is 111 Å². The van der Waals surface area contributed by atoms with Crippen molar-refractivity contribution in [3.8, 4) is 12.3 Å². The number of allylic oxidation sites excluding steroid dienone is 1. The van der Waals surface area contributed by atoms with E-state index in [9.17, 15) is 19.2 Å². The Morgan fingerprint density at radius 1 is 1.19 bits per heavy atom. The molecule has 1 aromatic heterocycles. The molecule has 52 heavy (non-hydrogen) atoms. The first-order valence-corrected chi connectivity index (χ1v) is 17.8. The van der Waals surface area contributed by atoms with Crippen LogP contribution in [0.5, 0.6) is 0 Å². The minimum atomic E-state index is -1.54. The summed E-state index contributed by atoms with van der Waals surface area (Å²) in [6, 6.07) is 0.146. The number of aromatic nitrogens is 2. The van der Waals surface area contributed by atoms with E-state index in [-0.39, 0.29) is 37.4 Å². The van der Waals surface area contributed by atoms with E-state index in [4.69, 9.17) is 40.0 Å². The number of carboxylic acids is 1. The largest absolute Gasteiger partial charge is 0.481 e. The minimum absolute atomic E-state index is 0.106. The summed E-state index contributed by atoms with van der Waals surface area (Å²) in [5.74, 6) is -2.06. The van der Waals surface area contributed by atoms with Gasteiger partial charge >= 0.3 is 12.1 Å². The van der Waals surface area contributed by atoms with E-state index in [1.54, 1.807) is 27.7 Å². The van der Waals surface area contributed by atoms with Crippen LogP contribution in [0.3, 0.4) is 0 Å². The molecule has 1 N–H and O–H groups in total. The number of aliphatic carboxylic acids is 1. The number of imidazole rings is 1. The molecule has 3 aliphatic rings. The van der Waals surface area contributed by atoms with E-state index in [1.807, 2.05) is 20.9 Å². The molecule has 3 aliphatic heterocycles. The molecule has 2 saturated heterocycles. The van der Waals surface area contributed by atoms with Gasteiger partial charge in [-0.25, -0.2) is 14.3 Å². The number of carbonyl (C=O) groups excluding carboxylic acids is 4. The van der Waals surface area contributed by atoms with E-state index in [1.165, 1.54) is 31.7 Å². The number of carbonyl (C=O) groups is 5. The van der Waals surface area contributed by atoms with Crippen LogP contribution in [0.4, 0.5) is 4.79 Å². The van der Waals surface area contributed by atoms with E-state index < -0.39 is 71.3 Å². The highest BCUT2D eigenvalue weighted by atomic mass is 16.7. The highest BCUT2D eigenvalue weighted by Crippen LogP contribution is 2.41. The predicted octanol–water partition coefficient (Wildman–Crippen LogP) is 4.44. The molecule has 2 bridgehead atoms. The van der Waals surface area contributed by atoms with Crippen molar-refractivity contribution in [1.82, 2.24) is 14.5 Å². The molecule has 1 aromatic rings. The zero-order valence-electron chi connectivity index (χ0n) is 31.8. The number of nitrogens with zero attached hydrogens (tertiary/aromatic N) is 3. The monoisotopic (exact) mass is 729 g/mol. The van der Waals surface area contributed by atoms with Crippen molar-refractivity contribution in [1.29, 1.82) is 0 Å².